The Morgan fingerprint density at radius 1 is 1.03 bits per heavy atom. The van der Waals surface area contributed by atoms with Crippen molar-refractivity contribution in [3.05, 3.63) is 53.6 Å². The van der Waals surface area contributed by atoms with Crippen molar-refractivity contribution in [3.8, 4) is 0 Å². The van der Waals surface area contributed by atoms with Crippen LogP contribution >= 0.6 is 0 Å². The molecule has 1 amide bonds. The Hall–Kier alpha value is -2.62. The number of nitrogens with one attached hydrogen (secondary N) is 2. The molecule has 166 valence electrons. The van der Waals surface area contributed by atoms with Crippen molar-refractivity contribution in [2.24, 2.45) is 0 Å². The number of benzene rings is 2. The summed E-state index contributed by atoms with van der Waals surface area (Å²) in [5.74, 6) is -0.119. The fourth-order valence-corrected chi connectivity index (χ4v) is 5.25. The van der Waals surface area contributed by atoms with E-state index in [9.17, 15) is 13.2 Å². The Labute approximate surface area is 183 Å². The number of hydrogen-bond acceptors (Lipinski definition) is 6. The molecule has 2 aliphatic rings. The number of hydrogen-bond donors (Lipinski definition) is 2. The van der Waals surface area contributed by atoms with E-state index in [-0.39, 0.29) is 10.8 Å². The van der Waals surface area contributed by atoms with E-state index in [0.29, 0.717) is 43.1 Å². The maximum Gasteiger partial charge on any atom is 0.262 e. The van der Waals surface area contributed by atoms with Crippen molar-refractivity contribution < 1.29 is 17.9 Å². The van der Waals surface area contributed by atoms with Gasteiger partial charge in [-0.05, 0) is 36.8 Å². The highest BCUT2D eigenvalue weighted by molar-refractivity contribution is 7.92. The molecule has 31 heavy (non-hydrogen) atoms. The number of sulfonamides is 1. The SMILES string of the molecule is Cc1ccccc1S(=O)(=O)Nc1cc(C(=O)N2CCOCC2)ccc1N1CCNCC1. The smallest absolute Gasteiger partial charge is 0.262 e. The molecule has 2 N–H and O–H groups in total. The number of morpholine rings is 1. The van der Waals surface area contributed by atoms with Gasteiger partial charge in [0.15, 0.2) is 0 Å². The molecule has 2 fully saturated rings. The minimum absolute atomic E-state index is 0.119. The molecule has 2 heterocycles. The molecule has 2 aromatic carbocycles. The van der Waals surface area contributed by atoms with Crippen LogP contribution in [0.4, 0.5) is 11.4 Å². The molecule has 4 rings (SSSR count). The summed E-state index contributed by atoms with van der Waals surface area (Å²) < 4.78 is 34.5. The third-order valence-corrected chi connectivity index (χ3v) is 7.15. The molecule has 8 nitrogen and oxygen atoms in total. The maximum absolute atomic E-state index is 13.2. The largest absolute Gasteiger partial charge is 0.378 e. The summed E-state index contributed by atoms with van der Waals surface area (Å²) >= 11 is 0. The van der Waals surface area contributed by atoms with Crippen LogP contribution in [0.5, 0.6) is 0 Å². The van der Waals surface area contributed by atoms with Crippen molar-refractivity contribution in [1.82, 2.24) is 10.2 Å². The van der Waals surface area contributed by atoms with Gasteiger partial charge in [-0.3, -0.25) is 9.52 Å². The molecule has 2 saturated heterocycles. The number of carbonyl (C=O) groups excluding carboxylic acids is 1. The number of rotatable bonds is 5. The van der Waals surface area contributed by atoms with Crippen LogP contribution in [0.15, 0.2) is 47.4 Å². The van der Waals surface area contributed by atoms with Crippen LogP contribution in [-0.4, -0.2) is 71.7 Å². The molecule has 0 aliphatic carbocycles. The second kappa shape index (κ2) is 9.25. The lowest BCUT2D eigenvalue weighted by Gasteiger charge is -2.32. The summed E-state index contributed by atoms with van der Waals surface area (Å²) in [5.41, 5.74) is 2.32. The maximum atomic E-state index is 13.2. The zero-order valence-corrected chi connectivity index (χ0v) is 18.5. The second-order valence-electron chi connectivity index (χ2n) is 7.74. The fourth-order valence-electron chi connectivity index (χ4n) is 3.94. The Morgan fingerprint density at radius 3 is 2.45 bits per heavy atom. The average molecular weight is 445 g/mol. The summed E-state index contributed by atoms with van der Waals surface area (Å²) in [7, 11) is -3.81. The van der Waals surface area contributed by atoms with E-state index in [1.807, 2.05) is 12.1 Å². The average Bonchev–Trinajstić information content (AvgIpc) is 2.79. The third kappa shape index (κ3) is 4.84. The van der Waals surface area contributed by atoms with Gasteiger partial charge in [-0.25, -0.2) is 8.42 Å². The number of nitrogens with zero attached hydrogens (tertiary/aromatic N) is 2. The first kappa shape index (κ1) is 21.6. The summed E-state index contributed by atoms with van der Waals surface area (Å²) in [5, 5.41) is 3.31. The minimum Gasteiger partial charge on any atom is -0.378 e. The number of ether oxygens (including phenoxy) is 1. The van der Waals surface area contributed by atoms with E-state index in [4.69, 9.17) is 4.74 Å². The zero-order chi connectivity index (χ0) is 21.8. The quantitative estimate of drug-likeness (QED) is 0.729. The standard InChI is InChI=1S/C22H28N4O4S/c1-17-4-2-3-5-21(17)31(28,29)24-19-16-18(22(27)26-12-14-30-15-13-26)6-7-20(19)25-10-8-23-9-11-25/h2-7,16,23-24H,8-15H2,1H3. The van der Waals surface area contributed by atoms with E-state index in [2.05, 4.69) is 14.9 Å². The van der Waals surface area contributed by atoms with Crippen LogP contribution in [0.1, 0.15) is 15.9 Å². The molecule has 2 aromatic rings. The molecular weight excluding hydrogens is 416 g/mol. The van der Waals surface area contributed by atoms with Crippen LogP contribution in [0, 0.1) is 6.92 Å². The number of amides is 1. The molecule has 9 heteroatoms. The van der Waals surface area contributed by atoms with Crippen LogP contribution in [0.3, 0.4) is 0 Å². The molecule has 0 aromatic heterocycles. The normalized spacial score (nSPS) is 17.5. The minimum atomic E-state index is -3.81. The lowest BCUT2D eigenvalue weighted by Crippen LogP contribution is -2.44. The van der Waals surface area contributed by atoms with Crippen molar-refractivity contribution in [2.75, 3.05) is 62.1 Å². The highest BCUT2D eigenvalue weighted by Crippen LogP contribution is 2.31. The molecule has 2 aliphatic heterocycles. The summed E-state index contributed by atoms with van der Waals surface area (Å²) in [6.45, 7) is 7.01. The molecule has 0 spiro atoms. The van der Waals surface area contributed by atoms with Crippen molar-refractivity contribution in [2.45, 2.75) is 11.8 Å². The first-order valence-corrected chi connectivity index (χ1v) is 12.0. The van der Waals surface area contributed by atoms with E-state index in [1.54, 1.807) is 42.2 Å². The highest BCUT2D eigenvalue weighted by atomic mass is 32.2. The van der Waals surface area contributed by atoms with Crippen LogP contribution in [0.2, 0.25) is 0 Å². The van der Waals surface area contributed by atoms with Gasteiger partial charge in [-0.2, -0.15) is 0 Å². The van der Waals surface area contributed by atoms with E-state index in [1.165, 1.54) is 0 Å². The van der Waals surface area contributed by atoms with Crippen LogP contribution < -0.4 is 14.9 Å². The van der Waals surface area contributed by atoms with E-state index < -0.39 is 10.0 Å². The van der Waals surface area contributed by atoms with Gasteiger partial charge in [0.25, 0.3) is 15.9 Å². The lowest BCUT2D eigenvalue weighted by atomic mass is 10.1. The zero-order valence-electron chi connectivity index (χ0n) is 17.6. The molecule has 0 atom stereocenters. The molecule has 0 saturated carbocycles. The van der Waals surface area contributed by atoms with E-state index in [0.717, 1.165) is 31.9 Å². The number of anilines is 2. The van der Waals surface area contributed by atoms with Crippen molar-refractivity contribution in [1.29, 1.82) is 0 Å². The topological polar surface area (TPSA) is 91.0 Å². The van der Waals surface area contributed by atoms with Gasteiger partial charge in [0, 0.05) is 44.8 Å². The Kier molecular flexibility index (Phi) is 6.45. The lowest BCUT2D eigenvalue weighted by molar-refractivity contribution is 0.0303. The first-order valence-electron chi connectivity index (χ1n) is 10.5. The number of carbonyl (C=O) groups is 1. The Bertz CT molecular complexity index is 1050. The monoisotopic (exact) mass is 444 g/mol. The van der Waals surface area contributed by atoms with Gasteiger partial charge in [-0.1, -0.05) is 18.2 Å². The summed E-state index contributed by atoms with van der Waals surface area (Å²) in [6.07, 6.45) is 0. The molecular formula is C22H28N4O4S. The molecule has 0 unspecified atom stereocenters. The van der Waals surface area contributed by atoms with Crippen LogP contribution in [0.25, 0.3) is 0 Å². The number of piperazine rings is 1. The number of aryl methyl sites for hydroxylation is 1. The highest BCUT2D eigenvalue weighted by Gasteiger charge is 2.24. The first-order chi connectivity index (χ1) is 15.0. The fraction of sp³-hybridized carbons (Fsp3) is 0.409. The molecule has 0 radical (unpaired) electrons. The Balaban J connectivity index is 1.70. The van der Waals surface area contributed by atoms with Gasteiger partial charge in [-0.15, -0.1) is 0 Å². The van der Waals surface area contributed by atoms with Gasteiger partial charge in [0.2, 0.25) is 0 Å². The predicted octanol–water partition coefficient (Wildman–Crippen LogP) is 1.68. The summed E-state index contributed by atoms with van der Waals surface area (Å²) in [6, 6.07) is 12.1. The van der Waals surface area contributed by atoms with E-state index >= 15 is 0 Å². The second-order valence-corrected chi connectivity index (χ2v) is 9.40. The Morgan fingerprint density at radius 2 is 1.74 bits per heavy atom. The van der Waals surface area contributed by atoms with Crippen molar-refractivity contribution in [3.63, 3.8) is 0 Å². The molecule has 0 bridgehead atoms. The van der Waals surface area contributed by atoms with Gasteiger partial charge in [0.1, 0.15) is 0 Å². The third-order valence-electron chi connectivity index (χ3n) is 5.63. The van der Waals surface area contributed by atoms with Crippen LogP contribution in [-0.2, 0) is 14.8 Å². The predicted molar refractivity (Wildman–Crippen MR) is 120 cm³/mol. The van der Waals surface area contributed by atoms with Gasteiger partial charge >= 0.3 is 0 Å². The van der Waals surface area contributed by atoms with Gasteiger partial charge in [0.05, 0.1) is 29.5 Å². The van der Waals surface area contributed by atoms with Crippen molar-refractivity contribution >= 4 is 27.3 Å². The summed E-state index contributed by atoms with van der Waals surface area (Å²) in [4.78, 5) is 17.1. The van der Waals surface area contributed by atoms with Gasteiger partial charge < -0.3 is 19.9 Å².